The van der Waals surface area contributed by atoms with Gasteiger partial charge in [-0.2, -0.15) is 0 Å². The Morgan fingerprint density at radius 2 is 2.21 bits per heavy atom. The lowest BCUT2D eigenvalue weighted by molar-refractivity contribution is 0.543. The Hall–Kier alpha value is -0.830. The first-order valence-corrected chi connectivity index (χ1v) is 5.89. The summed E-state index contributed by atoms with van der Waals surface area (Å²) in [7, 11) is 0. The Labute approximate surface area is 92.1 Å². The van der Waals surface area contributed by atoms with Gasteiger partial charge in [0.15, 0.2) is 0 Å². The Bertz CT molecular complexity index is 422. The summed E-state index contributed by atoms with van der Waals surface area (Å²) < 4.78 is 2.21. The second-order valence-corrected chi connectivity index (χ2v) is 4.29. The molecule has 2 rings (SSSR count). The van der Waals surface area contributed by atoms with Crippen molar-refractivity contribution in [3.63, 3.8) is 0 Å². The second kappa shape index (κ2) is 4.13. The first-order valence-electron chi connectivity index (χ1n) is 4.77. The van der Waals surface area contributed by atoms with Crippen molar-refractivity contribution in [1.82, 2.24) is 9.55 Å². The number of halogens is 1. The molecule has 1 unspecified atom stereocenters. The van der Waals surface area contributed by atoms with Gasteiger partial charge in [0.25, 0.3) is 0 Å². The molecule has 3 heteroatoms. The number of para-hydroxylation sites is 2. The molecule has 0 aliphatic rings. The lowest BCUT2D eigenvalue weighted by Gasteiger charge is -2.08. The summed E-state index contributed by atoms with van der Waals surface area (Å²) in [6.07, 6.45) is 1.92. The van der Waals surface area contributed by atoms with Crippen molar-refractivity contribution in [3.05, 3.63) is 30.6 Å². The molecule has 1 atom stereocenters. The molecule has 0 saturated heterocycles. The fourth-order valence-corrected chi connectivity index (χ4v) is 1.75. The van der Waals surface area contributed by atoms with E-state index in [9.17, 15) is 0 Å². The summed E-state index contributed by atoms with van der Waals surface area (Å²) in [6.45, 7) is 3.25. The van der Waals surface area contributed by atoms with E-state index in [1.54, 1.807) is 0 Å². The largest absolute Gasteiger partial charge is 0.330 e. The molecule has 0 aliphatic heterocycles. The molecule has 0 amide bonds. The van der Waals surface area contributed by atoms with Crippen molar-refractivity contribution in [1.29, 1.82) is 0 Å². The first kappa shape index (κ1) is 9.71. The molecule has 2 aromatic rings. The lowest BCUT2D eigenvalue weighted by atomic mass is 10.2. The maximum absolute atomic E-state index is 4.35. The monoisotopic (exact) mass is 252 g/mol. The lowest BCUT2D eigenvalue weighted by Crippen LogP contribution is -2.07. The van der Waals surface area contributed by atoms with Crippen LogP contribution in [0.3, 0.4) is 0 Å². The van der Waals surface area contributed by atoms with E-state index in [4.69, 9.17) is 0 Å². The summed E-state index contributed by atoms with van der Waals surface area (Å²) in [4.78, 5) is 4.35. The highest BCUT2D eigenvalue weighted by Gasteiger charge is 2.04. The van der Waals surface area contributed by atoms with Crippen molar-refractivity contribution >= 4 is 27.0 Å². The van der Waals surface area contributed by atoms with Gasteiger partial charge in [-0.05, 0) is 18.1 Å². The Morgan fingerprint density at radius 3 is 3.00 bits per heavy atom. The molecule has 0 saturated carbocycles. The number of nitrogens with zero attached hydrogens (tertiary/aromatic N) is 2. The van der Waals surface area contributed by atoms with Crippen LogP contribution in [0.2, 0.25) is 0 Å². The van der Waals surface area contributed by atoms with Gasteiger partial charge in [-0.15, -0.1) is 0 Å². The van der Waals surface area contributed by atoms with Crippen LogP contribution in [0, 0.1) is 5.92 Å². The molecule has 0 N–H and O–H groups in total. The van der Waals surface area contributed by atoms with Gasteiger partial charge in [0.05, 0.1) is 17.4 Å². The van der Waals surface area contributed by atoms with Crippen LogP contribution >= 0.6 is 15.9 Å². The van der Waals surface area contributed by atoms with Crippen LogP contribution in [-0.4, -0.2) is 14.9 Å². The van der Waals surface area contributed by atoms with Crippen LogP contribution in [-0.2, 0) is 6.54 Å². The summed E-state index contributed by atoms with van der Waals surface area (Å²) >= 11 is 3.49. The van der Waals surface area contributed by atoms with Gasteiger partial charge in [-0.25, -0.2) is 4.98 Å². The van der Waals surface area contributed by atoms with Gasteiger partial charge in [0.1, 0.15) is 0 Å². The van der Waals surface area contributed by atoms with Gasteiger partial charge >= 0.3 is 0 Å². The first-order chi connectivity index (χ1) is 6.81. The van der Waals surface area contributed by atoms with Crippen LogP contribution in [0.15, 0.2) is 30.6 Å². The molecule has 0 aliphatic carbocycles. The van der Waals surface area contributed by atoms with Crippen LogP contribution in [0.1, 0.15) is 6.92 Å². The average Bonchev–Trinajstić information content (AvgIpc) is 2.62. The van der Waals surface area contributed by atoms with E-state index in [0.717, 1.165) is 17.4 Å². The van der Waals surface area contributed by atoms with Crippen LogP contribution in [0.4, 0.5) is 0 Å². The smallest absolute Gasteiger partial charge is 0.0958 e. The van der Waals surface area contributed by atoms with Crippen LogP contribution in [0.25, 0.3) is 11.0 Å². The number of alkyl halides is 1. The third kappa shape index (κ3) is 1.82. The molecule has 0 bridgehead atoms. The molecule has 0 fully saturated rings. The Morgan fingerprint density at radius 1 is 1.43 bits per heavy atom. The maximum atomic E-state index is 4.35. The molecule has 1 heterocycles. The second-order valence-electron chi connectivity index (χ2n) is 3.65. The molecule has 0 radical (unpaired) electrons. The SMILES string of the molecule is CC(CBr)Cn1cnc2ccccc21. The van der Waals surface area contributed by atoms with Gasteiger partial charge in [0.2, 0.25) is 0 Å². The number of aromatic nitrogens is 2. The van der Waals surface area contributed by atoms with Crippen LogP contribution in [0.5, 0.6) is 0 Å². The van der Waals surface area contributed by atoms with E-state index in [-0.39, 0.29) is 0 Å². The van der Waals surface area contributed by atoms with Gasteiger partial charge in [0, 0.05) is 11.9 Å². The number of benzene rings is 1. The highest BCUT2D eigenvalue weighted by molar-refractivity contribution is 9.09. The zero-order valence-electron chi connectivity index (χ0n) is 8.15. The highest BCUT2D eigenvalue weighted by atomic mass is 79.9. The predicted molar refractivity (Wildman–Crippen MR) is 62.7 cm³/mol. The van der Waals surface area contributed by atoms with Crippen LogP contribution < -0.4 is 0 Å². The topological polar surface area (TPSA) is 17.8 Å². The number of fused-ring (bicyclic) bond motifs is 1. The molecule has 1 aromatic heterocycles. The summed E-state index contributed by atoms with van der Waals surface area (Å²) in [5.41, 5.74) is 2.30. The van der Waals surface area contributed by atoms with Crippen molar-refractivity contribution in [3.8, 4) is 0 Å². The molecule has 14 heavy (non-hydrogen) atoms. The molecular weight excluding hydrogens is 240 g/mol. The molecule has 1 aromatic carbocycles. The standard InChI is InChI=1S/C11H13BrN2/c1-9(6-12)7-14-8-13-10-4-2-3-5-11(10)14/h2-5,8-9H,6-7H2,1H3. The minimum atomic E-state index is 0.632. The zero-order chi connectivity index (χ0) is 9.97. The minimum Gasteiger partial charge on any atom is -0.330 e. The molecule has 74 valence electrons. The summed E-state index contributed by atoms with van der Waals surface area (Å²) in [5, 5.41) is 1.03. The van der Waals surface area contributed by atoms with Crippen molar-refractivity contribution in [2.75, 3.05) is 5.33 Å². The third-order valence-corrected chi connectivity index (χ3v) is 3.40. The van der Waals surface area contributed by atoms with Gasteiger partial charge < -0.3 is 4.57 Å². The zero-order valence-corrected chi connectivity index (χ0v) is 9.74. The van der Waals surface area contributed by atoms with Crippen molar-refractivity contribution in [2.45, 2.75) is 13.5 Å². The number of imidazole rings is 1. The van der Waals surface area contributed by atoms with E-state index < -0.39 is 0 Å². The van der Waals surface area contributed by atoms with Gasteiger partial charge in [-0.1, -0.05) is 35.0 Å². The molecule has 2 nitrogen and oxygen atoms in total. The Balaban J connectivity index is 2.33. The average molecular weight is 253 g/mol. The van der Waals surface area contributed by atoms with Crippen molar-refractivity contribution in [2.24, 2.45) is 5.92 Å². The van der Waals surface area contributed by atoms with Gasteiger partial charge in [-0.3, -0.25) is 0 Å². The quantitative estimate of drug-likeness (QED) is 0.768. The van der Waals surface area contributed by atoms with E-state index >= 15 is 0 Å². The number of hydrogen-bond acceptors (Lipinski definition) is 1. The maximum Gasteiger partial charge on any atom is 0.0958 e. The summed E-state index contributed by atoms with van der Waals surface area (Å²) in [6, 6.07) is 8.24. The Kier molecular flexibility index (Phi) is 2.87. The normalized spacial score (nSPS) is 13.3. The molecular formula is C11H13BrN2. The fourth-order valence-electron chi connectivity index (χ4n) is 1.54. The fraction of sp³-hybridized carbons (Fsp3) is 0.364. The third-order valence-electron chi connectivity index (χ3n) is 2.30. The summed E-state index contributed by atoms with van der Waals surface area (Å²) in [5.74, 6) is 0.632. The number of hydrogen-bond donors (Lipinski definition) is 0. The van der Waals surface area contributed by atoms with Crippen molar-refractivity contribution < 1.29 is 0 Å². The van der Waals surface area contributed by atoms with E-state index in [2.05, 4.69) is 44.5 Å². The van der Waals surface area contributed by atoms with E-state index in [1.807, 2.05) is 18.5 Å². The number of rotatable bonds is 3. The molecule has 0 spiro atoms. The predicted octanol–water partition coefficient (Wildman–Crippen LogP) is 3.07. The van der Waals surface area contributed by atoms with E-state index in [1.165, 1.54) is 5.52 Å². The van der Waals surface area contributed by atoms with E-state index in [0.29, 0.717) is 5.92 Å². The minimum absolute atomic E-state index is 0.632. The highest BCUT2D eigenvalue weighted by Crippen LogP contribution is 2.14.